The summed E-state index contributed by atoms with van der Waals surface area (Å²) in [4.78, 5) is 36.9. The highest BCUT2D eigenvalue weighted by Gasteiger charge is 2.30. The van der Waals surface area contributed by atoms with Crippen LogP contribution in [0.5, 0.6) is 0 Å². The summed E-state index contributed by atoms with van der Waals surface area (Å²) in [6.45, 7) is 3.31. The molecule has 0 fully saturated rings. The Labute approximate surface area is 162 Å². The highest BCUT2D eigenvalue weighted by Crippen LogP contribution is 2.16. The summed E-state index contributed by atoms with van der Waals surface area (Å²) in [6.07, 6.45) is 4.92. The topological polar surface area (TPSA) is 93.7 Å². The predicted octanol–water partition coefficient (Wildman–Crippen LogP) is 2.48. The van der Waals surface area contributed by atoms with Gasteiger partial charge in [0.25, 0.3) is 0 Å². The SMILES string of the molecule is CCOC(=O)C1=C(COC(=O)/C=C/c2ccc(SC)cc2)NC(=O)N[C@H]1C. The molecule has 2 rings (SSSR count). The molecule has 0 spiro atoms. The number of amides is 2. The van der Waals surface area contributed by atoms with Crippen molar-refractivity contribution in [1.82, 2.24) is 10.6 Å². The Balaban J connectivity index is 2.03. The number of ether oxygens (including phenoxy) is 2. The maximum atomic E-state index is 12.1. The molecule has 8 heteroatoms. The van der Waals surface area contributed by atoms with Crippen molar-refractivity contribution in [3.8, 4) is 0 Å². The quantitative estimate of drug-likeness (QED) is 0.422. The van der Waals surface area contributed by atoms with Crippen molar-refractivity contribution < 1.29 is 23.9 Å². The average Bonchev–Trinajstić information content (AvgIpc) is 2.64. The molecule has 2 amide bonds. The van der Waals surface area contributed by atoms with Crippen LogP contribution >= 0.6 is 11.8 Å². The normalized spacial score (nSPS) is 16.7. The molecule has 1 aromatic rings. The number of esters is 2. The largest absolute Gasteiger partial charge is 0.463 e. The lowest BCUT2D eigenvalue weighted by Crippen LogP contribution is -2.50. The minimum Gasteiger partial charge on any atom is -0.463 e. The molecule has 0 aromatic heterocycles. The van der Waals surface area contributed by atoms with Crippen molar-refractivity contribution in [3.63, 3.8) is 0 Å². The second-order valence-electron chi connectivity index (χ2n) is 5.65. The average molecular weight is 390 g/mol. The van der Waals surface area contributed by atoms with Gasteiger partial charge in [0, 0.05) is 11.0 Å². The lowest BCUT2D eigenvalue weighted by Gasteiger charge is -2.26. The van der Waals surface area contributed by atoms with Crippen LogP contribution in [0.1, 0.15) is 19.4 Å². The summed E-state index contributed by atoms with van der Waals surface area (Å²) < 4.78 is 10.2. The van der Waals surface area contributed by atoms with Crippen LogP contribution in [-0.4, -0.2) is 43.5 Å². The van der Waals surface area contributed by atoms with Crippen LogP contribution in [0.4, 0.5) is 4.79 Å². The highest BCUT2D eigenvalue weighted by molar-refractivity contribution is 7.98. The molecule has 1 aliphatic rings. The summed E-state index contributed by atoms with van der Waals surface area (Å²) in [5, 5.41) is 5.08. The molecule has 1 aliphatic heterocycles. The fourth-order valence-electron chi connectivity index (χ4n) is 2.46. The van der Waals surface area contributed by atoms with E-state index in [0.717, 1.165) is 10.5 Å². The smallest absolute Gasteiger partial charge is 0.338 e. The number of benzene rings is 1. The number of hydrogen-bond acceptors (Lipinski definition) is 6. The molecule has 0 saturated carbocycles. The number of carbonyl (C=O) groups is 3. The first kappa shape index (κ1) is 20.6. The van der Waals surface area contributed by atoms with Crippen LogP contribution in [0.3, 0.4) is 0 Å². The molecule has 144 valence electrons. The molecule has 0 aliphatic carbocycles. The Morgan fingerprint density at radius 1 is 1.22 bits per heavy atom. The molecule has 1 aromatic carbocycles. The van der Waals surface area contributed by atoms with Gasteiger partial charge in [-0.1, -0.05) is 12.1 Å². The minimum atomic E-state index is -0.583. The van der Waals surface area contributed by atoms with Gasteiger partial charge in [-0.05, 0) is 43.9 Å². The fraction of sp³-hybridized carbons (Fsp3) is 0.316. The van der Waals surface area contributed by atoms with Crippen LogP contribution in [0.15, 0.2) is 46.5 Å². The zero-order chi connectivity index (χ0) is 19.8. The molecule has 0 saturated heterocycles. The molecule has 1 atom stereocenters. The summed E-state index contributed by atoms with van der Waals surface area (Å²) in [5.41, 5.74) is 1.32. The lowest BCUT2D eigenvalue weighted by atomic mass is 10.0. The Kier molecular flexibility index (Phi) is 7.48. The number of nitrogens with one attached hydrogen (secondary N) is 2. The van der Waals surface area contributed by atoms with Crippen LogP contribution in [0.2, 0.25) is 0 Å². The third kappa shape index (κ3) is 5.89. The van der Waals surface area contributed by atoms with E-state index in [1.165, 1.54) is 6.08 Å². The van der Waals surface area contributed by atoms with Crippen molar-refractivity contribution in [1.29, 1.82) is 0 Å². The van der Waals surface area contributed by atoms with Gasteiger partial charge in [-0.2, -0.15) is 0 Å². The zero-order valence-corrected chi connectivity index (χ0v) is 16.2. The Morgan fingerprint density at radius 2 is 1.93 bits per heavy atom. The van der Waals surface area contributed by atoms with Crippen molar-refractivity contribution in [2.24, 2.45) is 0 Å². The summed E-state index contributed by atoms with van der Waals surface area (Å²) >= 11 is 1.63. The van der Waals surface area contributed by atoms with Crippen LogP contribution in [0, 0.1) is 0 Å². The Hall–Kier alpha value is -2.74. The van der Waals surface area contributed by atoms with Crippen LogP contribution in [0.25, 0.3) is 6.08 Å². The second kappa shape index (κ2) is 9.82. The summed E-state index contributed by atoms with van der Waals surface area (Å²) in [7, 11) is 0. The zero-order valence-electron chi connectivity index (χ0n) is 15.4. The first-order valence-electron chi connectivity index (χ1n) is 8.41. The van der Waals surface area contributed by atoms with Crippen LogP contribution in [-0.2, 0) is 19.1 Å². The maximum absolute atomic E-state index is 12.1. The first-order chi connectivity index (χ1) is 12.9. The maximum Gasteiger partial charge on any atom is 0.338 e. The second-order valence-corrected chi connectivity index (χ2v) is 6.53. The minimum absolute atomic E-state index is 0.203. The van der Waals surface area contributed by atoms with Crippen molar-refractivity contribution in [2.75, 3.05) is 19.5 Å². The Bertz CT molecular complexity index is 771. The molecular weight excluding hydrogens is 368 g/mol. The van der Waals surface area contributed by atoms with Crippen molar-refractivity contribution in [2.45, 2.75) is 24.8 Å². The highest BCUT2D eigenvalue weighted by atomic mass is 32.2. The molecule has 1 heterocycles. The lowest BCUT2D eigenvalue weighted by molar-refractivity contribution is -0.140. The number of rotatable bonds is 7. The van der Waals surface area contributed by atoms with Gasteiger partial charge in [0.15, 0.2) is 0 Å². The van der Waals surface area contributed by atoms with Gasteiger partial charge in [0.05, 0.1) is 23.9 Å². The van der Waals surface area contributed by atoms with E-state index in [1.54, 1.807) is 31.7 Å². The van der Waals surface area contributed by atoms with E-state index >= 15 is 0 Å². The molecule has 7 nitrogen and oxygen atoms in total. The number of thioether (sulfide) groups is 1. The van der Waals surface area contributed by atoms with E-state index in [2.05, 4.69) is 10.6 Å². The standard InChI is InChI=1S/C19H22N2O5S/c1-4-25-18(23)17-12(2)20-19(24)21-15(17)11-26-16(22)10-7-13-5-8-14(27-3)9-6-13/h5-10,12H,4,11H2,1-3H3,(H2,20,21,24)/b10-7+/t12-/m0/s1. The predicted molar refractivity (Wildman–Crippen MR) is 103 cm³/mol. The molecule has 0 radical (unpaired) electrons. The third-order valence-electron chi connectivity index (χ3n) is 3.75. The van der Waals surface area contributed by atoms with Gasteiger partial charge in [-0.25, -0.2) is 14.4 Å². The summed E-state index contributed by atoms with van der Waals surface area (Å²) in [5.74, 6) is -1.15. The van der Waals surface area contributed by atoms with Gasteiger partial charge < -0.3 is 20.1 Å². The van der Waals surface area contributed by atoms with Crippen molar-refractivity contribution >= 4 is 35.8 Å². The van der Waals surface area contributed by atoms with Gasteiger partial charge in [0.1, 0.15) is 6.61 Å². The van der Waals surface area contributed by atoms with E-state index in [9.17, 15) is 14.4 Å². The fourth-order valence-corrected chi connectivity index (χ4v) is 2.87. The molecule has 2 N–H and O–H groups in total. The van der Waals surface area contributed by atoms with Gasteiger partial charge in [-0.3, -0.25) is 0 Å². The number of hydrogen-bond donors (Lipinski definition) is 2. The number of carbonyl (C=O) groups excluding carboxylic acids is 3. The number of urea groups is 1. The van der Waals surface area contributed by atoms with Gasteiger partial charge >= 0.3 is 18.0 Å². The van der Waals surface area contributed by atoms with E-state index in [0.29, 0.717) is 0 Å². The molecular formula is C19H22N2O5S. The van der Waals surface area contributed by atoms with E-state index < -0.39 is 24.0 Å². The summed E-state index contributed by atoms with van der Waals surface area (Å²) in [6, 6.07) is 6.69. The molecule has 0 unspecified atom stereocenters. The molecule has 27 heavy (non-hydrogen) atoms. The first-order valence-corrected chi connectivity index (χ1v) is 9.63. The van der Waals surface area contributed by atoms with Crippen LogP contribution < -0.4 is 10.6 Å². The van der Waals surface area contributed by atoms with Crippen molar-refractivity contribution in [3.05, 3.63) is 47.2 Å². The van der Waals surface area contributed by atoms with Gasteiger partial charge in [-0.15, -0.1) is 11.8 Å². The molecule has 0 bridgehead atoms. The van der Waals surface area contributed by atoms with Gasteiger partial charge in [0.2, 0.25) is 0 Å². The van der Waals surface area contributed by atoms with E-state index in [4.69, 9.17) is 9.47 Å². The Morgan fingerprint density at radius 3 is 2.56 bits per heavy atom. The van der Waals surface area contributed by atoms with E-state index in [-0.39, 0.29) is 24.5 Å². The van der Waals surface area contributed by atoms with E-state index in [1.807, 2.05) is 30.5 Å². The third-order valence-corrected chi connectivity index (χ3v) is 4.50. The monoisotopic (exact) mass is 390 g/mol.